The molecule has 0 aliphatic heterocycles. The van der Waals surface area contributed by atoms with Crippen LogP contribution in [0.2, 0.25) is 0 Å². The summed E-state index contributed by atoms with van der Waals surface area (Å²) in [4.78, 5) is 8.66. The van der Waals surface area contributed by atoms with Crippen molar-refractivity contribution < 1.29 is 0 Å². The molecule has 0 saturated heterocycles. The van der Waals surface area contributed by atoms with Gasteiger partial charge in [0.05, 0.1) is 5.69 Å². The monoisotopic (exact) mass is 234 g/mol. The van der Waals surface area contributed by atoms with Gasteiger partial charge in [-0.1, -0.05) is 52.4 Å². The minimum atomic E-state index is 0.625. The Hall–Kier alpha value is -0.920. The lowest BCUT2D eigenvalue weighted by atomic mass is 9.92. The van der Waals surface area contributed by atoms with E-state index in [1.54, 1.807) is 6.20 Å². The van der Waals surface area contributed by atoms with Crippen LogP contribution in [-0.4, -0.2) is 9.97 Å². The fraction of sp³-hybridized carbons (Fsp3) is 0.733. The van der Waals surface area contributed by atoms with Crippen LogP contribution in [0.4, 0.5) is 0 Å². The summed E-state index contributed by atoms with van der Waals surface area (Å²) in [5.74, 6) is 0.625. The van der Waals surface area contributed by atoms with Gasteiger partial charge in [-0.2, -0.15) is 0 Å². The van der Waals surface area contributed by atoms with Crippen molar-refractivity contribution in [1.82, 2.24) is 9.97 Å². The van der Waals surface area contributed by atoms with Crippen LogP contribution in [0.15, 0.2) is 18.6 Å². The zero-order chi connectivity index (χ0) is 12.3. The third-order valence-electron chi connectivity index (χ3n) is 3.31. The quantitative estimate of drug-likeness (QED) is 0.578. The molecular weight excluding hydrogens is 208 g/mol. The molecule has 2 nitrogen and oxygen atoms in total. The number of hydrogen-bond acceptors (Lipinski definition) is 2. The van der Waals surface area contributed by atoms with E-state index in [2.05, 4.69) is 23.8 Å². The molecule has 1 aromatic rings. The van der Waals surface area contributed by atoms with Crippen molar-refractivity contribution in [2.75, 3.05) is 0 Å². The van der Waals surface area contributed by atoms with Gasteiger partial charge in [0.1, 0.15) is 0 Å². The van der Waals surface area contributed by atoms with E-state index in [9.17, 15) is 0 Å². The highest BCUT2D eigenvalue weighted by atomic mass is 14.8. The van der Waals surface area contributed by atoms with Gasteiger partial charge in [0.25, 0.3) is 0 Å². The summed E-state index contributed by atoms with van der Waals surface area (Å²) in [6.07, 6.45) is 16.0. The van der Waals surface area contributed by atoms with Gasteiger partial charge in [-0.05, 0) is 12.8 Å². The summed E-state index contributed by atoms with van der Waals surface area (Å²) in [6.45, 7) is 4.52. The van der Waals surface area contributed by atoms with Gasteiger partial charge in [-0.3, -0.25) is 9.97 Å². The van der Waals surface area contributed by atoms with Gasteiger partial charge >= 0.3 is 0 Å². The van der Waals surface area contributed by atoms with E-state index in [4.69, 9.17) is 0 Å². The summed E-state index contributed by atoms with van der Waals surface area (Å²) in [7, 11) is 0. The molecule has 96 valence electrons. The second-order valence-corrected chi connectivity index (χ2v) is 4.82. The van der Waals surface area contributed by atoms with Crippen LogP contribution in [0.1, 0.15) is 76.8 Å². The normalized spacial score (nSPS) is 12.6. The first-order chi connectivity index (χ1) is 8.38. The summed E-state index contributed by atoms with van der Waals surface area (Å²) >= 11 is 0. The van der Waals surface area contributed by atoms with Crippen molar-refractivity contribution in [2.45, 2.75) is 71.1 Å². The van der Waals surface area contributed by atoms with E-state index in [0.717, 1.165) is 0 Å². The van der Waals surface area contributed by atoms with Crippen LogP contribution in [0.25, 0.3) is 0 Å². The van der Waals surface area contributed by atoms with Crippen LogP contribution in [-0.2, 0) is 0 Å². The fourth-order valence-corrected chi connectivity index (χ4v) is 2.23. The first-order valence-electron chi connectivity index (χ1n) is 7.14. The third-order valence-corrected chi connectivity index (χ3v) is 3.31. The van der Waals surface area contributed by atoms with Crippen molar-refractivity contribution >= 4 is 0 Å². The molecule has 1 aromatic heterocycles. The van der Waals surface area contributed by atoms with E-state index < -0.39 is 0 Å². The number of unbranched alkanes of at least 4 members (excludes halogenated alkanes) is 4. The Bertz CT molecular complexity index is 272. The Labute approximate surface area is 106 Å². The fourth-order valence-electron chi connectivity index (χ4n) is 2.23. The van der Waals surface area contributed by atoms with Crippen LogP contribution in [0.3, 0.4) is 0 Å². The molecule has 0 spiro atoms. The maximum absolute atomic E-state index is 4.47. The zero-order valence-electron chi connectivity index (χ0n) is 11.4. The molecule has 1 atom stereocenters. The Kier molecular flexibility index (Phi) is 7.61. The minimum absolute atomic E-state index is 0.625. The number of hydrogen-bond donors (Lipinski definition) is 0. The lowest BCUT2D eigenvalue weighted by molar-refractivity contribution is 0.499. The number of nitrogens with zero attached hydrogens (tertiary/aromatic N) is 2. The average Bonchev–Trinajstić information content (AvgIpc) is 2.39. The van der Waals surface area contributed by atoms with Crippen LogP contribution < -0.4 is 0 Å². The second-order valence-electron chi connectivity index (χ2n) is 4.82. The first-order valence-corrected chi connectivity index (χ1v) is 7.14. The van der Waals surface area contributed by atoms with Gasteiger partial charge in [-0.25, -0.2) is 0 Å². The maximum atomic E-state index is 4.47. The van der Waals surface area contributed by atoms with E-state index in [1.807, 2.05) is 12.4 Å². The van der Waals surface area contributed by atoms with Crippen LogP contribution >= 0.6 is 0 Å². The van der Waals surface area contributed by atoms with E-state index in [1.165, 1.54) is 57.1 Å². The van der Waals surface area contributed by atoms with E-state index in [0.29, 0.717) is 5.92 Å². The Morgan fingerprint density at radius 2 is 1.71 bits per heavy atom. The van der Waals surface area contributed by atoms with Gasteiger partial charge in [0.2, 0.25) is 0 Å². The molecule has 17 heavy (non-hydrogen) atoms. The predicted octanol–water partition coefficient (Wildman–Crippen LogP) is 4.72. The molecular formula is C15H26N2. The largest absolute Gasteiger partial charge is 0.261 e. The van der Waals surface area contributed by atoms with Gasteiger partial charge in [-0.15, -0.1) is 0 Å². The first kappa shape index (κ1) is 14.1. The average molecular weight is 234 g/mol. The molecule has 0 aliphatic carbocycles. The van der Waals surface area contributed by atoms with Gasteiger partial charge in [0.15, 0.2) is 0 Å². The molecule has 0 aliphatic rings. The molecule has 0 saturated carbocycles. The van der Waals surface area contributed by atoms with Crippen molar-refractivity contribution in [1.29, 1.82) is 0 Å². The van der Waals surface area contributed by atoms with E-state index in [-0.39, 0.29) is 0 Å². The Morgan fingerprint density at radius 3 is 2.35 bits per heavy atom. The third kappa shape index (κ3) is 5.81. The Morgan fingerprint density at radius 1 is 0.941 bits per heavy atom. The lowest BCUT2D eigenvalue weighted by Gasteiger charge is -2.15. The summed E-state index contributed by atoms with van der Waals surface area (Å²) < 4.78 is 0. The summed E-state index contributed by atoms with van der Waals surface area (Å²) in [5.41, 5.74) is 1.19. The summed E-state index contributed by atoms with van der Waals surface area (Å²) in [5, 5.41) is 0. The smallest absolute Gasteiger partial charge is 0.0617 e. The highest BCUT2D eigenvalue weighted by Gasteiger charge is 2.12. The van der Waals surface area contributed by atoms with Crippen molar-refractivity contribution in [3.63, 3.8) is 0 Å². The molecule has 2 heteroatoms. The van der Waals surface area contributed by atoms with Crippen molar-refractivity contribution in [3.05, 3.63) is 24.3 Å². The maximum Gasteiger partial charge on any atom is 0.0617 e. The molecule has 0 N–H and O–H groups in total. The second kappa shape index (κ2) is 9.15. The lowest BCUT2D eigenvalue weighted by Crippen LogP contribution is -2.02. The van der Waals surface area contributed by atoms with Crippen molar-refractivity contribution in [2.24, 2.45) is 0 Å². The van der Waals surface area contributed by atoms with Crippen LogP contribution in [0, 0.1) is 0 Å². The molecule has 0 aromatic carbocycles. The SMILES string of the molecule is CCCCCCC(CCCC)c1cnccn1. The van der Waals surface area contributed by atoms with Crippen LogP contribution in [0.5, 0.6) is 0 Å². The summed E-state index contributed by atoms with van der Waals surface area (Å²) in [6, 6.07) is 0. The molecule has 0 amide bonds. The highest BCUT2D eigenvalue weighted by molar-refractivity contribution is 5.03. The topological polar surface area (TPSA) is 25.8 Å². The number of aromatic nitrogens is 2. The molecule has 0 fully saturated rings. The molecule has 0 radical (unpaired) electrons. The Balaban J connectivity index is 2.43. The molecule has 1 heterocycles. The molecule has 1 unspecified atom stereocenters. The van der Waals surface area contributed by atoms with Gasteiger partial charge in [0, 0.05) is 24.5 Å². The highest BCUT2D eigenvalue weighted by Crippen LogP contribution is 2.25. The van der Waals surface area contributed by atoms with Crippen molar-refractivity contribution in [3.8, 4) is 0 Å². The van der Waals surface area contributed by atoms with E-state index >= 15 is 0 Å². The predicted molar refractivity (Wildman–Crippen MR) is 73.1 cm³/mol. The van der Waals surface area contributed by atoms with Gasteiger partial charge < -0.3 is 0 Å². The molecule has 1 rings (SSSR count). The minimum Gasteiger partial charge on any atom is -0.261 e. The molecule has 0 bridgehead atoms. The number of rotatable bonds is 9. The zero-order valence-corrected chi connectivity index (χ0v) is 11.4. The standard InChI is InChI=1S/C15H26N2/c1-3-5-7-8-10-14(9-6-4-2)15-13-16-11-12-17-15/h11-14H,3-10H2,1-2H3.